The molecule has 0 atom stereocenters. The van der Waals surface area contributed by atoms with E-state index in [2.05, 4.69) is 15.4 Å². The molecular formula is C13H16N4O. The van der Waals surface area contributed by atoms with Crippen molar-refractivity contribution in [3.8, 4) is 0 Å². The number of aromatic nitrogens is 3. The minimum absolute atomic E-state index is 0.0320. The second-order valence-corrected chi connectivity index (χ2v) is 4.12. The van der Waals surface area contributed by atoms with Gasteiger partial charge in [0.1, 0.15) is 0 Å². The molecule has 2 heterocycles. The van der Waals surface area contributed by atoms with Crippen LogP contribution in [0.3, 0.4) is 0 Å². The molecule has 1 amide bonds. The van der Waals surface area contributed by atoms with Gasteiger partial charge in [-0.05, 0) is 18.6 Å². The first kappa shape index (κ1) is 12.3. The smallest absolute Gasteiger partial charge is 0.220 e. The minimum atomic E-state index is 0.0320. The van der Waals surface area contributed by atoms with Gasteiger partial charge in [0, 0.05) is 43.7 Å². The Kier molecular flexibility index (Phi) is 4.06. The van der Waals surface area contributed by atoms with Gasteiger partial charge in [-0.25, -0.2) is 0 Å². The highest BCUT2D eigenvalue weighted by atomic mass is 16.1. The number of rotatable bonds is 5. The van der Waals surface area contributed by atoms with Crippen LogP contribution in [0, 0.1) is 0 Å². The summed E-state index contributed by atoms with van der Waals surface area (Å²) >= 11 is 0. The van der Waals surface area contributed by atoms with Crippen LogP contribution in [0.4, 0.5) is 0 Å². The summed E-state index contributed by atoms with van der Waals surface area (Å²) in [4.78, 5) is 15.8. The monoisotopic (exact) mass is 244 g/mol. The molecule has 94 valence electrons. The van der Waals surface area contributed by atoms with Crippen molar-refractivity contribution in [3.05, 3.63) is 48.0 Å². The highest BCUT2D eigenvalue weighted by Gasteiger charge is 2.03. The molecule has 0 saturated heterocycles. The van der Waals surface area contributed by atoms with Crippen molar-refractivity contribution in [1.82, 2.24) is 20.1 Å². The molecule has 0 saturated carbocycles. The second-order valence-electron chi connectivity index (χ2n) is 4.12. The Bertz CT molecular complexity index is 507. The van der Waals surface area contributed by atoms with Crippen LogP contribution < -0.4 is 5.32 Å². The predicted octanol–water partition coefficient (Wildman–Crippen LogP) is 1.06. The van der Waals surface area contributed by atoms with E-state index in [9.17, 15) is 4.79 Å². The fourth-order valence-electron chi connectivity index (χ4n) is 1.64. The van der Waals surface area contributed by atoms with E-state index < -0.39 is 0 Å². The lowest BCUT2D eigenvalue weighted by atomic mass is 10.2. The maximum absolute atomic E-state index is 11.6. The number of aryl methyl sites for hydroxylation is 2. The molecule has 0 aliphatic rings. The molecule has 18 heavy (non-hydrogen) atoms. The van der Waals surface area contributed by atoms with Gasteiger partial charge in [-0.3, -0.25) is 14.5 Å². The van der Waals surface area contributed by atoms with E-state index in [4.69, 9.17) is 0 Å². The number of nitrogens with zero attached hydrogens (tertiary/aromatic N) is 3. The normalized spacial score (nSPS) is 10.3. The van der Waals surface area contributed by atoms with Crippen LogP contribution >= 0.6 is 0 Å². The molecule has 0 fully saturated rings. The average Bonchev–Trinajstić information content (AvgIpc) is 2.81. The molecule has 0 bridgehead atoms. The fourth-order valence-corrected chi connectivity index (χ4v) is 1.64. The van der Waals surface area contributed by atoms with E-state index >= 15 is 0 Å². The summed E-state index contributed by atoms with van der Waals surface area (Å²) in [7, 11) is 1.85. The van der Waals surface area contributed by atoms with Crippen LogP contribution in [-0.4, -0.2) is 20.7 Å². The van der Waals surface area contributed by atoms with Gasteiger partial charge in [0.25, 0.3) is 0 Å². The average molecular weight is 244 g/mol. The standard InChI is InChI=1S/C13H16N4O/c1-17-10-11(9-16-17)8-15-13(18)6-5-12-4-2-3-7-14-12/h2-4,7,9-10H,5-6,8H2,1H3,(H,15,18). The summed E-state index contributed by atoms with van der Waals surface area (Å²) in [5.74, 6) is 0.0320. The van der Waals surface area contributed by atoms with E-state index in [1.54, 1.807) is 17.1 Å². The minimum Gasteiger partial charge on any atom is -0.352 e. The second kappa shape index (κ2) is 5.95. The van der Waals surface area contributed by atoms with E-state index in [0.29, 0.717) is 19.4 Å². The number of carbonyl (C=O) groups is 1. The van der Waals surface area contributed by atoms with Crippen LogP contribution in [0.25, 0.3) is 0 Å². The van der Waals surface area contributed by atoms with Gasteiger partial charge in [-0.2, -0.15) is 5.10 Å². The van der Waals surface area contributed by atoms with E-state index in [1.807, 2.05) is 31.4 Å². The molecule has 0 aliphatic carbocycles. The Morgan fingerprint density at radius 2 is 2.33 bits per heavy atom. The van der Waals surface area contributed by atoms with Crippen LogP contribution in [0.2, 0.25) is 0 Å². The molecule has 0 aromatic carbocycles. The van der Waals surface area contributed by atoms with Gasteiger partial charge < -0.3 is 5.32 Å². The van der Waals surface area contributed by atoms with Crippen molar-refractivity contribution < 1.29 is 4.79 Å². The van der Waals surface area contributed by atoms with E-state index in [1.165, 1.54) is 0 Å². The number of nitrogens with one attached hydrogen (secondary N) is 1. The zero-order chi connectivity index (χ0) is 12.8. The van der Waals surface area contributed by atoms with Gasteiger partial charge >= 0.3 is 0 Å². The van der Waals surface area contributed by atoms with Crippen molar-refractivity contribution in [2.24, 2.45) is 7.05 Å². The van der Waals surface area contributed by atoms with E-state index in [-0.39, 0.29) is 5.91 Å². The maximum Gasteiger partial charge on any atom is 0.220 e. The summed E-state index contributed by atoms with van der Waals surface area (Å²) in [6.07, 6.45) is 6.50. The number of hydrogen-bond acceptors (Lipinski definition) is 3. The van der Waals surface area contributed by atoms with Crippen molar-refractivity contribution in [2.75, 3.05) is 0 Å². The third kappa shape index (κ3) is 3.69. The van der Waals surface area contributed by atoms with Crippen LogP contribution in [0.15, 0.2) is 36.8 Å². The van der Waals surface area contributed by atoms with Gasteiger partial charge in [-0.15, -0.1) is 0 Å². The summed E-state index contributed by atoms with van der Waals surface area (Å²) in [5.41, 5.74) is 1.94. The van der Waals surface area contributed by atoms with Gasteiger partial charge in [0.15, 0.2) is 0 Å². The molecule has 0 radical (unpaired) electrons. The van der Waals surface area contributed by atoms with Gasteiger partial charge in [0.05, 0.1) is 6.20 Å². The molecule has 0 unspecified atom stereocenters. The van der Waals surface area contributed by atoms with Crippen molar-refractivity contribution in [3.63, 3.8) is 0 Å². The Morgan fingerprint density at radius 3 is 3.00 bits per heavy atom. The third-order valence-electron chi connectivity index (χ3n) is 2.58. The fraction of sp³-hybridized carbons (Fsp3) is 0.308. The number of hydrogen-bond donors (Lipinski definition) is 1. The molecule has 5 heteroatoms. The lowest BCUT2D eigenvalue weighted by Crippen LogP contribution is -2.22. The number of amides is 1. The maximum atomic E-state index is 11.6. The summed E-state index contributed by atoms with van der Waals surface area (Å²) in [6.45, 7) is 0.523. The van der Waals surface area contributed by atoms with Crippen LogP contribution in [-0.2, 0) is 24.8 Å². The molecule has 5 nitrogen and oxygen atoms in total. The molecule has 2 aromatic rings. The highest BCUT2D eigenvalue weighted by molar-refractivity contribution is 5.76. The van der Waals surface area contributed by atoms with Crippen LogP contribution in [0.1, 0.15) is 17.7 Å². The lowest BCUT2D eigenvalue weighted by Gasteiger charge is -2.03. The van der Waals surface area contributed by atoms with E-state index in [0.717, 1.165) is 11.3 Å². The molecule has 2 rings (SSSR count). The largest absolute Gasteiger partial charge is 0.352 e. The zero-order valence-electron chi connectivity index (χ0n) is 10.3. The molecular weight excluding hydrogens is 228 g/mol. The topological polar surface area (TPSA) is 59.8 Å². The summed E-state index contributed by atoms with van der Waals surface area (Å²) in [5, 5.41) is 6.91. The Balaban J connectivity index is 1.73. The van der Waals surface area contributed by atoms with Crippen molar-refractivity contribution in [1.29, 1.82) is 0 Å². The van der Waals surface area contributed by atoms with Gasteiger partial charge in [-0.1, -0.05) is 6.07 Å². The highest BCUT2D eigenvalue weighted by Crippen LogP contribution is 1.99. The molecule has 1 N–H and O–H groups in total. The first-order valence-corrected chi connectivity index (χ1v) is 5.88. The van der Waals surface area contributed by atoms with Gasteiger partial charge in [0.2, 0.25) is 5.91 Å². The molecule has 0 spiro atoms. The Labute approximate surface area is 106 Å². The summed E-state index contributed by atoms with van der Waals surface area (Å²) < 4.78 is 1.72. The Hall–Kier alpha value is -2.17. The van der Waals surface area contributed by atoms with Crippen molar-refractivity contribution >= 4 is 5.91 Å². The summed E-state index contributed by atoms with van der Waals surface area (Å²) in [6, 6.07) is 5.72. The SMILES string of the molecule is Cn1cc(CNC(=O)CCc2ccccn2)cn1. The lowest BCUT2D eigenvalue weighted by molar-refractivity contribution is -0.121. The van der Waals surface area contributed by atoms with Crippen molar-refractivity contribution in [2.45, 2.75) is 19.4 Å². The first-order chi connectivity index (χ1) is 8.74. The first-order valence-electron chi connectivity index (χ1n) is 5.88. The predicted molar refractivity (Wildman–Crippen MR) is 67.6 cm³/mol. The van der Waals surface area contributed by atoms with Crippen LogP contribution in [0.5, 0.6) is 0 Å². The third-order valence-corrected chi connectivity index (χ3v) is 2.58. The number of pyridine rings is 1. The quantitative estimate of drug-likeness (QED) is 0.855. The molecule has 0 aliphatic heterocycles. The zero-order valence-corrected chi connectivity index (χ0v) is 10.3. The molecule has 2 aromatic heterocycles. The Morgan fingerprint density at radius 1 is 1.44 bits per heavy atom. The number of carbonyl (C=O) groups excluding carboxylic acids is 1.